The highest BCUT2D eigenvalue weighted by atomic mass is 32.1. The van der Waals surface area contributed by atoms with Gasteiger partial charge in [-0.15, -0.1) is 11.3 Å². The van der Waals surface area contributed by atoms with Crippen molar-refractivity contribution in [2.45, 2.75) is 64.8 Å². The summed E-state index contributed by atoms with van der Waals surface area (Å²) in [6.45, 7) is 4.37. The molecule has 0 saturated carbocycles. The number of aryl methyl sites for hydroxylation is 3. The molecular weight excluding hydrogens is 394 g/mol. The molecule has 1 N–H and O–H groups in total. The number of para-hydroxylation sites is 1. The van der Waals surface area contributed by atoms with Gasteiger partial charge in [0.15, 0.2) is 0 Å². The lowest BCUT2D eigenvalue weighted by molar-refractivity contribution is -0.119. The number of thiophene rings is 1. The van der Waals surface area contributed by atoms with E-state index in [-0.39, 0.29) is 17.5 Å². The van der Waals surface area contributed by atoms with Gasteiger partial charge < -0.3 is 9.88 Å². The van der Waals surface area contributed by atoms with Crippen LogP contribution >= 0.6 is 11.3 Å². The zero-order chi connectivity index (χ0) is 20.8. The first-order chi connectivity index (χ1) is 14.5. The third-order valence-corrected chi connectivity index (χ3v) is 7.73. The summed E-state index contributed by atoms with van der Waals surface area (Å²) in [6, 6.07) is 8.35. The molecule has 0 bridgehead atoms. The molecular formula is C24H27N3O2S. The predicted molar refractivity (Wildman–Crippen MR) is 121 cm³/mol. The van der Waals surface area contributed by atoms with Crippen LogP contribution in [0.15, 0.2) is 29.1 Å². The topological polar surface area (TPSA) is 66.1 Å². The second-order valence-corrected chi connectivity index (χ2v) is 9.91. The molecule has 2 aliphatic rings. The van der Waals surface area contributed by atoms with Crippen molar-refractivity contribution in [2.75, 3.05) is 4.90 Å². The number of aromatic nitrogens is 2. The summed E-state index contributed by atoms with van der Waals surface area (Å²) in [5.74, 6) is 1.37. The van der Waals surface area contributed by atoms with Crippen molar-refractivity contribution >= 4 is 33.1 Å². The number of H-pyrrole nitrogens is 1. The zero-order valence-electron chi connectivity index (χ0n) is 17.5. The number of hydrogen-bond acceptors (Lipinski definition) is 4. The standard InChI is InChI=1S/C24H27N3O2S/c1-14-7-10-17-19(13-14)30-24-22(17)23(29)25-20(26-24)11-12-21(28)27-15(2)8-9-16-5-3-4-6-18(16)27/h3-6,14-15H,7-13H2,1-2H3,(H,25,26,29)/t14-,15-/m0/s1. The van der Waals surface area contributed by atoms with Crippen LogP contribution in [0, 0.1) is 5.92 Å². The molecule has 5 rings (SSSR count). The zero-order valence-corrected chi connectivity index (χ0v) is 18.3. The lowest BCUT2D eigenvalue weighted by Crippen LogP contribution is -2.42. The van der Waals surface area contributed by atoms with Gasteiger partial charge in [0.05, 0.1) is 5.39 Å². The molecule has 1 amide bonds. The number of amides is 1. The molecule has 0 radical (unpaired) electrons. The fourth-order valence-electron chi connectivity index (χ4n) is 4.93. The number of fused-ring (bicyclic) bond motifs is 4. The molecule has 2 aromatic heterocycles. The maximum Gasteiger partial charge on any atom is 0.259 e. The summed E-state index contributed by atoms with van der Waals surface area (Å²) in [4.78, 5) is 37.7. The second-order valence-electron chi connectivity index (χ2n) is 8.82. The van der Waals surface area contributed by atoms with E-state index in [1.165, 1.54) is 16.0 Å². The Kier molecular flexibility index (Phi) is 4.97. The summed E-state index contributed by atoms with van der Waals surface area (Å²) in [5.41, 5.74) is 3.41. The number of anilines is 1. The van der Waals surface area contributed by atoms with Crippen LogP contribution in [0.1, 0.15) is 54.9 Å². The van der Waals surface area contributed by atoms with Crippen LogP contribution in [0.4, 0.5) is 5.69 Å². The normalized spacial score (nSPS) is 20.8. The van der Waals surface area contributed by atoms with E-state index in [9.17, 15) is 9.59 Å². The lowest BCUT2D eigenvalue weighted by Gasteiger charge is -2.35. The summed E-state index contributed by atoms with van der Waals surface area (Å²) in [7, 11) is 0. The van der Waals surface area contributed by atoms with Gasteiger partial charge in [0.1, 0.15) is 10.7 Å². The van der Waals surface area contributed by atoms with E-state index in [0.29, 0.717) is 24.6 Å². The molecule has 1 aliphatic heterocycles. The van der Waals surface area contributed by atoms with Crippen molar-refractivity contribution < 1.29 is 4.79 Å². The molecule has 0 saturated heterocycles. The molecule has 0 fully saturated rings. The van der Waals surface area contributed by atoms with Crippen LogP contribution < -0.4 is 10.5 Å². The van der Waals surface area contributed by atoms with Gasteiger partial charge in [-0.2, -0.15) is 0 Å². The number of benzene rings is 1. The van der Waals surface area contributed by atoms with Gasteiger partial charge in [-0.3, -0.25) is 9.59 Å². The predicted octanol–water partition coefficient (Wildman–Crippen LogP) is 4.41. The van der Waals surface area contributed by atoms with E-state index >= 15 is 0 Å². The second kappa shape index (κ2) is 7.65. The van der Waals surface area contributed by atoms with Crippen LogP contribution in [0.25, 0.3) is 10.2 Å². The molecule has 3 heterocycles. The van der Waals surface area contributed by atoms with E-state index in [1.54, 1.807) is 11.3 Å². The number of nitrogens with one attached hydrogen (secondary N) is 1. The molecule has 5 nitrogen and oxygen atoms in total. The molecule has 1 aliphatic carbocycles. The monoisotopic (exact) mass is 421 g/mol. The van der Waals surface area contributed by atoms with Crippen molar-refractivity contribution in [3.05, 3.63) is 56.4 Å². The van der Waals surface area contributed by atoms with Gasteiger partial charge in [-0.05, 0) is 62.1 Å². The number of hydrogen-bond donors (Lipinski definition) is 1. The fourth-order valence-corrected chi connectivity index (χ4v) is 6.33. The maximum absolute atomic E-state index is 13.1. The van der Waals surface area contributed by atoms with Crippen molar-refractivity contribution in [1.82, 2.24) is 9.97 Å². The van der Waals surface area contributed by atoms with Crippen molar-refractivity contribution in [1.29, 1.82) is 0 Å². The number of carbonyl (C=O) groups is 1. The average Bonchev–Trinajstić information content (AvgIpc) is 3.09. The Bertz CT molecular complexity index is 1180. The van der Waals surface area contributed by atoms with Gasteiger partial charge in [-0.1, -0.05) is 25.1 Å². The summed E-state index contributed by atoms with van der Waals surface area (Å²) in [5, 5.41) is 0.774. The van der Waals surface area contributed by atoms with Gasteiger partial charge in [0.2, 0.25) is 5.91 Å². The Morgan fingerprint density at radius 3 is 2.93 bits per heavy atom. The quantitative estimate of drug-likeness (QED) is 0.681. The fraction of sp³-hybridized carbons (Fsp3) is 0.458. The van der Waals surface area contributed by atoms with Gasteiger partial charge in [0.25, 0.3) is 5.56 Å². The highest BCUT2D eigenvalue weighted by Crippen LogP contribution is 2.36. The third-order valence-electron chi connectivity index (χ3n) is 6.58. The minimum Gasteiger partial charge on any atom is -0.310 e. The minimum absolute atomic E-state index is 0.0498. The van der Waals surface area contributed by atoms with Gasteiger partial charge in [0, 0.05) is 29.4 Å². The molecule has 1 aromatic carbocycles. The van der Waals surface area contributed by atoms with Gasteiger partial charge >= 0.3 is 0 Å². The summed E-state index contributed by atoms with van der Waals surface area (Å²) < 4.78 is 0. The van der Waals surface area contributed by atoms with Crippen LogP contribution in [0.5, 0.6) is 0 Å². The first-order valence-corrected chi connectivity index (χ1v) is 11.8. The molecule has 0 spiro atoms. The Morgan fingerprint density at radius 1 is 1.23 bits per heavy atom. The highest BCUT2D eigenvalue weighted by Gasteiger charge is 2.28. The van der Waals surface area contributed by atoms with Crippen LogP contribution in [0.3, 0.4) is 0 Å². The lowest BCUT2D eigenvalue weighted by atomic mass is 9.89. The number of carbonyl (C=O) groups excluding carboxylic acids is 1. The number of nitrogens with zero attached hydrogens (tertiary/aromatic N) is 2. The first kappa shape index (κ1) is 19.5. The Morgan fingerprint density at radius 2 is 2.07 bits per heavy atom. The van der Waals surface area contributed by atoms with Crippen LogP contribution in [0.2, 0.25) is 0 Å². The van der Waals surface area contributed by atoms with Crippen molar-refractivity contribution in [3.8, 4) is 0 Å². The Hall–Kier alpha value is -2.47. The molecule has 156 valence electrons. The number of rotatable bonds is 3. The number of aromatic amines is 1. The highest BCUT2D eigenvalue weighted by molar-refractivity contribution is 7.18. The van der Waals surface area contributed by atoms with Crippen molar-refractivity contribution in [2.24, 2.45) is 5.92 Å². The summed E-state index contributed by atoms with van der Waals surface area (Å²) in [6.07, 6.45) is 5.91. The molecule has 3 aromatic rings. The van der Waals surface area contributed by atoms with Crippen LogP contribution in [-0.2, 0) is 30.5 Å². The third kappa shape index (κ3) is 3.37. The van der Waals surface area contributed by atoms with E-state index in [4.69, 9.17) is 4.98 Å². The largest absolute Gasteiger partial charge is 0.310 e. The Balaban J connectivity index is 1.38. The molecule has 2 atom stereocenters. The first-order valence-electron chi connectivity index (χ1n) is 10.9. The maximum atomic E-state index is 13.1. The van der Waals surface area contributed by atoms with E-state index in [2.05, 4.69) is 24.9 Å². The summed E-state index contributed by atoms with van der Waals surface area (Å²) >= 11 is 1.66. The van der Waals surface area contributed by atoms with Gasteiger partial charge in [-0.25, -0.2) is 4.98 Å². The van der Waals surface area contributed by atoms with E-state index in [0.717, 1.165) is 48.0 Å². The molecule has 30 heavy (non-hydrogen) atoms. The minimum atomic E-state index is -0.0498. The SMILES string of the molecule is C[C@H]1CCc2c(sc3nc(CCC(=O)N4c5ccccc5CC[C@@H]4C)[nH]c(=O)c23)C1. The van der Waals surface area contributed by atoms with Crippen LogP contribution in [-0.4, -0.2) is 21.9 Å². The molecule has 6 heteroatoms. The van der Waals surface area contributed by atoms with E-state index < -0.39 is 0 Å². The average molecular weight is 422 g/mol. The van der Waals surface area contributed by atoms with E-state index in [1.807, 2.05) is 23.1 Å². The molecule has 0 unspecified atom stereocenters. The smallest absolute Gasteiger partial charge is 0.259 e. The van der Waals surface area contributed by atoms with Crippen molar-refractivity contribution in [3.63, 3.8) is 0 Å². The Labute approximate surface area is 180 Å².